The lowest BCUT2D eigenvalue weighted by atomic mass is 10.0. The van der Waals surface area contributed by atoms with E-state index in [2.05, 4.69) is 9.84 Å². The van der Waals surface area contributed by atoms with Gasteiger partial charge in [-0.15, -0.1) is 0 Å². The number of phosphoric ester groups is 1. The molecule has 32 heavy (non-hydrogen) atoms. The van der Waals surface area contributed by atoms with E-state index in [4.69, 9.17) is 14.5 Å². The van der Waals surface area contributed by atoms with Crippen LogP contribution in [0, 0.1) is 0 Å². The molecule has 0 saturated heterocycles. The second kappa shape index (κ2) is 10.6. The van der Waals surface area contributed by atoms with Gasteiger partial charge in [0.15, 0.2) is 0 Å². The van der Waals surface area contributed by atoms with Crippen molar-refractivity contribution in [3.63, 3.8) is 0 Å². The monoisotopic (exact) mass is 460 g/mol. The van der Waals surface area contributed by atoms with E-state index in [1.165, 1.54) is 0 Å². The Hall–Kier alpha value is -2.97. The summed E-state index contributed by atoms with van der Waals surface area (Å²) >= 11 is 0. The fourth-order valence-corrected chi connectivity index (χ4v) is 3.73. The molecular weight excluding hydrogens is 435 g/mol. The molecule has 0 saturated carbocycles. The summed E-state index contributed by atoms with van der Waals surface area (Å²) in [6.07, 6.45) is 1.17. The molecule has 2 aromatic rings. The van der Waals surface area contributed by atoms with Gasteiger partial charge in [-0.1, -0.05) is 66.7 Å². The van der Waals surface area contributed by atoms with E-state index in [-0.39, 0.29) is 18.6 Å². The fourth-order valence-electron chi connectivity index (χ4n) is 3.42. The molecule has 2 atom stereocenters. The largest absolute Gasteiger partial charge is 0.469 e. The molecule has 0 aliphatic carbocycles. The molecule has 1 aliphatic heterocycles. The van der Waals surface area contributed by atoms with Crippen LogP contribution in [-0.2, 0) is 18.6 Å². The van der Waals surface area contributed by atoms with Crippen LogP contribution < -0.4 is 5.32 Å². The van der Waals surface area contributed by atoms with Gasteiger partial charge in [0, 0.05) is 6.54 Å². The van der Waals surface area contributed by atoms with E-state index in [1.807, 2.05) is 66.7 Å². The summed E-state index contributed by atoms with van der Waals surface area (Å²) in [6, 6.07) is 18.2. The van der Waals surface area contributed by atoms with Gasteiger partial charge in [-0.2, -0.15) is 0 Å². The molecule has 0 fully saturated rings. The first kappa shape index (κ1) is 23.7. The first-order valence-electron chi connectivity index (χ1n) is 9.99. The minimum absolute atomic E-state index is 0.282. The molecule has 0 bridgehead atoms. The molecule has 0 spiro atoms. The van der Waals surface area contributed by atoms with Crippen LogP contribution >= 0.6 is 7.82 Å². The first-order valence-corrected chi connectivity index (χ1v) is 11.5. The van der Waals surface area contributed by atoms with Crippen molar-refractivity contribution in [3.05, 3.63) is 77.9 Å². The maximum Gasteiger partial charge on any atom is 0.469 e. The Morgan fingerprint density at radius 3 is 2.34 bits per heavy atom. The van der Waals surface area contributed by atoms with Crippen molar-refractivity contribution in [3.8, 4) is 0 Å². The molecule has 2 amide bonds. The zero-order valence-electron chi connectivity index (χ0n) is 17.5. The summed E-state index contributed by atoms with van der Waals surface area (Å²) in [4.78, 5) is 44.1. The number of ether oxygens (including phenoxy) is 1. The smallest absolute Gasteiger partial charge is 0.447 e. The molecular formula is C22H25N2O7P. The third-order valence-electron chi connectivity index (χ3n) is 4.89. The van der Waals surface area contributed by atoms with Gasteiger partial charge < -0.3 is 24.7 Å². The van der Waals surface area contributed by atoms with Crippen molar-refractivity contribution in [2.45, 2.75) is 19.0 Å². The molecule has 9 nitrogen and oxygen atoms in total. The van der Waals surface area contributed by atoms with Gasteiger partial charge in [-0.05, 0) is 23.6 Å². The third-order valence-corrected chi connectivity index (χ3v) is 5.40. The summed E-state index contributed by atoms with van der Waals surface area (Å²) < 4.78 is 19.7. The van der Waals surface area contributed by atoms with E-state index in [9.17, 15) is 14.2 Å². The summed E-state index contributed by atoms with van der Waals surface area (Å²) in [5, 5.41) is 2.46. The molecule has 1 heterocycles. The predicted octanol–water partition coefficient (Wildman–Crippen LogP) is 2.88. The normalized spacial score (nSPS) is 16.9. The van der Waals surface area contributed by atoms with Crippen LogP contribution in [0.15, 0.2) is 66.7 Å². The minimum Gasteiger partial charge on any atom is -0.447 e. The van der Waals surface area contributed by atoms with Gasteiger partial charge in [0.2, 0.25) is 5.91 Å². The molecule has 3 rings (SSSR count). The number of carbonyl (C=O) groups is 2. The Kier molecular flexibility index (Phi) is 7.82. The molecule has 170 valence electrons. The van der Waals surface area contributed by atoms with Crippen molar-refractivity contribution in [1.82, 2.24) is 10.2 Å². The Morgan fingerprint density at radius 1 is 1.09 bits per heavy atom. The third kappa shape index (κ3) is 6.51. The number of carbonyl (C=O) groups excluding carboxylic acids is 2. The predicted molar refractivity (Wildman–Crippen MR) is 117 cm³/mol. The first-order chi connectivity index (χ1) is 15.2. The molecule has 10 heteroatoms. The van der Waals surface area contributed by atoms with Crippen LogP contribution in [0.25, 0.3) is 5.57 Å². The molecule has 2 aromatic carbocycles. The molecule has 3 N–H and O–H groups in total. The highest BCUT2D eigenvalue weighted by molar-refractivity contribution is 7.46. The van der Waals surface area contributed by atoms with Crippen LogP contribution in [-0.4, -0.2) is 52.5 Å². The van der Waals surface area contributed by atoms with Gasteiger partial charge in [-0.25, -0.2) is 9.36 Å². The van der Waals surface area contributed by atoms with E-state index in [0.717, 1.165) is 16.7 Å². The maximum absolute atomic E-state index is 13.2. The average molecular weight is 460 g/mol. The Balaban J connectivity index is 1.66. The topological polar surface area (TPSA) is 125 Å². The quantitative estimate of drug-likeness (QED) is 0.409. The molecule has 2 unspecified atom stereocenters. The Bertz CT molecular complexity index is 1010. The van der Waals surface area contributed by atoms with Crippen LogP contribution in [0.2, 0.25) is 0 Å². The number of rotatable bonds is 8. The zero-order valence-corrected chi connectivity index (χ0v) is 18.4. The summed E-state index contributed by atoms with van der Waals surface area (Å²) in [5.41, 5.74) is 2.99. The van der Waals surface area contributed by atoms with Gasteiger partial charge in [0.25, 0.3) is 0 Å². The minimum atomic E-state index is -4.63. The number of nitrogens with zero attached hydrogens (tertiary/aromatic N) is 1. The fraction of sp³-hybridized carbons (Fsp3) is 0.273. The lowest BCUT2D eigenvalue weighted by Gasteiger charge is -2.28. The Morgan fingerprint density at radius 2 is 1.72 bits per heavy atom. The van der Waals surface area contributed by atoms with Gasteiger partial charge in [-0.3, -0.25) is 9.32 Å². The number of alkyl carbamates (subject to hydrolysis) is 1. The highest BCUT2D eigenvalue weighted by Gasteiger charge is 2.33. The summed E-state index contributed by atoms with van der Waals surface area (Å²) in [6.45, 7) is 1.11. The molecule has 1 aliphatic rings. The van der Waals surface area contributed by atoms with E-state index in [0.29, 0.717) is 6.54 Å². The van der Waals surface area contributed by atoms with E-state index < -0.39 is 26.6 Å². The lowest BCUT2D eigenvalue weighted by Crippen LogP contribution is -2.47. The highest BCUT2D eigenvalue weighted by Crippen LogP contribution is 2.36. The van der Waals surface area contributed by atoms with Crippen molar-refractivity contribution < 1.29 is 33.2 Å². The van der Waals surface area contributed by atoms with Gasteiger partial charge in [0.1, 0.15) is 12.6 Å². The summed E-state index contributed by atoms with van der Waals surface area (Å²) in [5.74, 6) is -0.288. The van der Waals surface area contributed by atoms with Crippen LogP contribution in [0.3, 0.4) is 0 Å². The van der Waals surface area contributed by atoms with E-state index in [1.54, 1.807) is 11.8 Å². The summed E-state index contributed by atoms with van der Waals surface area (Å²) in [7, 11) is -4.63. The van der Waals surface area contributed by atoms with Crippen molar-refractivity contribution in [1.29, 1.82) is 0 Å². The molecule has 0 radical (unpaired) electrons. The highest BCUT2D eigenvalue weighted by atomic mass is 31.2. The standard InChI is InChI=1S/C22H25N2O7P/c1-16(23-22(26)30-12-13-31-32(27,28)29)21(25)24-15-19(17-8-4-2-5-9-17)14-20(24)18-10-6-3-7-11-18/h2-11,14,16,20H,12-13,15H2,1H3,(H,23,26)(H2,27,28,29). The van der Waals surface area contributed by atoms with Crippen LogP contribution in [0.5, 0.6) is 0 Å². The van der Waals surface area contributed by atoms with Crippen molar-refractivity contribution >= 4 is 25.4 Å². The SMILES string of the molecule is CC(NC(=O)OCCOP(=O)(O)O)C(=O)N1CC(c2ccccc2)=CC1c1ccccc1. The number of hydrogen-bond donors (Lipinski definition) is 3. The average Bonchev–Trinajstić information content (AvgIpc) is 3.22. The van der Waals surface area contributed by atoms with Gasteiger partial charge >= 0.3 is 13.9 Å². The number of amides is 2. The zero-order chi connectivity index (χ0) is 23.1. The van der Waals surface area contributed by atoms with E-state index >= 15 is 0 Å². The van der Waals surface area contributed by atoms with Gasteiger partial charge in [0.05, 0.1) is 12.6 Å². The van der Waals surface area contributed by atoms with Crippen molar-refractivity contribution in [2.75, 3.05) is 19.8 Å². The Labute approximate surface area is 185 Å². The number of benzene rings is 2. The van der Waals surface area contributed by atoms with Crippen molar-refractivity contribution in [2.24, 2.45) is 0 Å². The second-order valence-corrected chi connectivity index (χ2v) is 8.44. The number of phosphoric acid groups is 1. The molecule has 0 aromatic heterocycles. The maximum atomic E-state index is 13.2. The lowest BCUT2D eigenvalue weighted by molar-refractivity contribution is -0.133. The second-order valence-electron chi connectivity index (χ2n) is 7.21. The van der Waals surface area contributed by atoms with Crippen LogP contribution in [0.1, 0.15) is 24.1 Å². The number of nitrogens with one attached hydrogen (secondary N) is 1. The number of hydrogen-bond acceptors (Lipinski definition) is 5. The van der Waals surface area contributed by atoms with Crippen LogP contribution in [0.4, 0.5) is 4.79 Å².